The van der Waals surface area contributed by atoms with Crippen LogP contribution in [0.5, 0.6) is 5.88 Å². The van der Waals surface area contributed by atoms with Crippen molar-refractivity contribution < 1.29 is 4.74 Å². The van der Waals surface area contributed by atoms with Gasteiger partial charge in [-0.2, -0.15) is 0 Å². The Labute approximate surface area is 117 Å². The smallest absolute Gasteiger partial charge is 0.222 e. The molecule has 0 spiro atoms. The number of aryl methyl sites for hydroxylation is 1. The molecule has 98 valence electrons. The summed E-state index contributed by atoms with van der Waals surface area (Å²) in [5.41, 5.74) is 2.39. The Balaban J connectivity index is 2.05. The first kappa shape index (κ1) is 13.6. The van der Waals surface area contributed by atoms with Gasteiger partial charge in [-0.1, -0.05) is 23.7 Å². The maximum atomic E-state index is 8.12. The minimum absolute atomic E-state index is 0.499. The van der Waals surface area contributed by atoms with Crippen LogP contribution in [0.25, 0.3) is 0 Å². The average Bonchev–Trinajstić information content (AvgIpc) is 2.45. The van der Waals surface area contributed by atoms with Crippen LogP contribution in [0, 0.1) is 5.41 Å². The van der Waals surface area contributed by atoms with Gasteiger partial charge in [-0.15, -0.1) is 0 Å². The van der Waals surface area contributed by atoms with Gasteiger partial charge < -0.3 is 10.1 Å². The van der Waals surface area contributed by atoms with Gasteiger partial charge in [0.15, 0.2) is 0 Å². The normalized spacial score (nSPS) is 10.2. The number of nitrogens with one attached hydrogen (secondary N) is 1. The maximum Gasteiger partial charge on any atom is 0.222 e. The van der Waals surface area contributed by atoms with Crippen molar-refractivity contribution in [1.29, 1.82) is 5.41 Å². The van der Waals surface area contributed by atoms with E-state index in [4.69, 9.17) is 21.7 Å². The van der Waals surface area contributed by atoms with Gasteiger partial charge in [0.05, 0.1) is 12.7 Å². The van der Waals surface area contributed by atoms with Crippen LogP contribution in [0.1, 0.15) is 17.5 Å². The topological polar surface area (TPSA) is 46.0 Å². The molecule has 2 aromatic rings. The number of methoxy groups -OCH3 is 1. The van der Waals surface area contributed by atoms with Crippen molar-refractivity contribution in [3.8, 4) is 5.88 Å². The van der Waals surface area contributed by atoms with E-state index >= 15 is 0 Å². The number of benzene rings is 1. The fraction of sp³-hybridized carbons (Fsp3) is 0.200. The predicted molar refractivity (Wildman–Crippen MR) is 77.4 cm³/mol. The molecule has 0 saturated carbocycles. The lowest BCUT2D eigenvalue weighted by molar-refractivity contribution is 0.397. The third kappa shape index (κ3) is 3.55. The van der Waals surface area contributed by atoms with Crippen LogP contribution in [0.15, 0.2) is 42.6 Å². The van der Waals surface area contributed by atoms with Gasteiger partial charge in [0.1, 0.15) is 0 Å². The first-order valence-corrected chi connectivity index (χ1v) is 6.39. The molecule has 0 radical (unpaired) electrons. The third-order valence-corrected chi connectivity index (χ3v) is 3.08. The number of halogens is 1. The monoisotopic (exact) mass is 274 g/mol. The SMILES string of the molecule is COc1ncccc1C(=N)CCc1cccc(Cl)c1. The van der Waals surface area contributed by atoms with Crippen molar-refractivity contribution in [3.05, 3.63) is 58.7 Å². The molecule has 0 bridgehead atoms. The fourth-order valence-corrected chi connectivity index (χ4v) is 2.09. The van der Waals surface area contributed by atoms with E-state index in [1.165, 1.54) is 0 Å². The quantitative estimate of drug-likeness (QED) is 0.844. The highest BCUT2D eigenvalue weighted by Gasteiger charge is 2.09. The molecule has 0 amide bonds. The second-order valence-corrected chi connectivity index (χ2v) is 4.61. The van der Waals surface area contributed by atoms with Gasteiger partial charge in [-0.05, 0) is 42.7 Å². The van der Waals surface area contributed by atoms with Gasteiger partial charge in [-0.25, -0.2) is 4.98 Å². The number of aromatic nitrogens is 1. The van der Waals surface area contributed by atoms with E-state index in [2.05, 4.69) is 4.98 Å². The van der Waals surface area contributed by atoms with Crippen LogP contribution in [-0.4, -0.2) is 17.8 Å². The highest BCUT2D eigenvalue weighted by Crippen LogP contribution is 2.18. The average molecular weight is 275 g/mol. The summed E-state index contributed by atoms with van der Waals surface area (Å²) in [5.74, 6) is 0.499. The highest BCUT2D eigenvalue weighted by molar-refractivity contribution is 6.30. The minimum atomic E-state index is 0.499. The summed E-state index contributed by atoms with van der Waals surface area (Å²) in [7, 11) is 1.57. The Kier molecular flexibility index (Phi) is 4.53. The van der Waals surface area contributed by atoms with Crippen molar-refractivity contribution in [2.45, 2.75) is 12.8 Å². The molecule has 0 aliphatic heterocycles. The van der Waals surface area contributed by atoms with E-state index in [0.29, 0.717) is 18.0 Å². The molecule has 0 fully saturated rings. The van der Waals surface area contributed by atoms with E-state index < -0.39 is 0 Å². The maximum absolute atomic E-state index is 8.12. The standard InChI is InChI=1S/C15H15ClN2O/c1-19-15-13(6-3-9-18-15)14(17)8-7-11-4-2-5-12(16)10-11/h2-6,9-10,17H,7-8H2,1H3. The molecule has 1 aromatic heterocycles. The van der Waals surface area contributed by atoms with Crippen molar-refractivity contribution in [2.24, 2.45) is 0 Å². The molecule has 1 N–H and O–H groups in total. The molecule has 0 saturated heterocycles. The number of hydrogen-bond donors (Lipinski definition) is 1. The van der Waals surface area contributed by atoms with Crippen molar-refractivity contribution >= 4 is 17.3 Å². The van der Waals surface area contributed by atoms with Crippen LogP contribution < -0.4 is 4.74 Å². The summed E-state index contributed by atoms with van der Waals surface area (Å²) in [6.45, 7) is 0. The van der Waals surface area contributed by atoms with E-state index in [9.17, 15) is 0 Å². The van der Waals surface area contributed by atoms with Crippen molar-refractivity contribution in [3.63, 3.8) is 0 Å². The third-order valence-electron chi connectivity index (χ3n) is 2.84. The number of ether oxygens (including phenoxy) is 1. The van der Waals surface area contributed by atoms with Crippen molar-refractivity contribution in [2.75, 3.05) is 7.11 Å². The minimum Gasteiger partial charge on any atom is -0.481 e. The Morgan fingerprint density at radius 2 is 2.16 bits per heavy atom. The number of rotatable bonds is 5. The lowest BCUT2D eigenvalue weighted by Crippen LogP contribution is -2.05. The summed E-state index contributed by atoms with van der Waals surface area (Å²) in [6.07, 6.45) is 3.06. The van der Waals surface area contributed by atoms with E-state index in [1.807, 2.05) is 36.4 Å². The van der Waals surface area contributed by atoms with Crippen LogP contribution in [0.4, 0.5) is 0 Å². The summed E-state index contributed by atoms with van der Waals surface area (Å²) >= 11 is 5.94. The fourth-order valence-electron chi connectivity index (χ4n) is 1.88. The highest BCUT2D eigenvalue weighted by atomic mass is 35.5. The summed E-state index contributed by atoms with van der Waals surface area (Å²) in [6, 6.07) is 11.4. The molecule has 19 heavy (non-hydrogen) atoms. The molecule has 0 aliphatic rings. The zero-order valence-electron chi connectivity index (χ0n) is 10.7. The number of hydrogen-bond acceptors (Lipinski definition) is 3. The first-order valence-electron chi connectivity index (χ1n) is 6.02. The van der Waals surface area contributed by atoms with E-state index in [1.54, 1.807) is 13.3 Å². The largest absolute Gasteiger partial charge is 0.481 e. The Hall–Kier alpha value is -1.87. The second kappa shape index (κ2) is 6.34. The van der Waals surface area contributed by atoms with Crippen LogP contribution in [-0.2, 0) is 6.42 Å². The van der Waals surface area contributed by atoms with E-state index in [0.717, 1.165) is 22.6 Å². The summed E-state index contributed by atoms with van der Waals surface area (Å²) in [5, 5.41) is 8.85. The van der Waals surface area contributed by atoms with Crippen molar-refractivity contribution in [1.82, 2.24) is 4.98 Å². The first-order chi connectivity index (χ1) is 9.20. The molecular weight excluding hydrogens is 260 g/mol. The Morgan fingerprint density at radius 3 is 2.89 bits per heavy atom. The molecule has 0 unspecified atom stereocenters. The number of pyridine rings is 1. The molecule has 0 atom stereocenters. The lowest BCUT2D eigenvalue weighted by Gasteiger charge is -2.08. The molecular formula is C15H15ClN2O. The van der Waals surface area contributed by atoms with Gasteiger partial charge in [-0.3, -0.25) is 0 Å². The Bertz CT molecular complexity index is 584. The molecule has 0 aliphatic carbocycles. The number of nitrogens with zero attached hydrogens (tertiary/aromatic N) is 1. The predicted octanol–water partition coefficient (Wildman–Crippen LogP) is 3.74. The summed E-state index contributed by atoms with van der Waals surface area (Å²) < 4.78 is 5.16. The second-order valence-electron chi connectivity index (χ2n) is 4.17. The van der Waals surface area contributed by atoms with Gasteiger partial charge >= 0.3 is 0 Å². The molecule has 4 heteroatoms. The molecule has 1 aromatic carbocycles. The van der Waals surface area contributed by atoms with E-state index in [-0.39, 0.29) is 0 Å². The van der Waals surface area contributed by atoms with Gasteiger partial charge in [0.2, 0.25) is 5.88 Å². The zero-order valence-corrected chi connectivity index (χ0v) is 11.4. The van der Waals surface area contributed by atoms with Crippen LogP contribution in [0.3, 0.4) is 0 Å². The molecule has 3 nitrogen and oxygen atoms in total. The van der Waals surface area contributed by atoms with Gasteiger partial charge in [0, 0.05) is 16.9 Å². The van der Waals surface area contributed by atoms with Crippen LogP contribution in [0.2, 0.25) is 5.02 Å². The summed E-state index contributed by atoms with van der Waals surface area (Å²) in [4.78, 5) is 4.10. The Morgan fingerprint density at radius 1 is 1.32 bits per heavy atom. The lowest BCUT2D eigenvalue weighted by atomic mass is 10.0. The van der Waals surface area contributed by atoms with Gasteiger partial charge in [0.25, 0.3) is 0 Å². The molecule has 1 heterocycles. The molecule has 2 rings (SSSR count). The zero-order chi connectivity index (χ0) is 13.7. The van der Waals surface area contributed by atoms with Crippen LogP contribution >= 0.6 is 11.6 Å².